The lowest BCUT2D eigenvalue weighted by molar-refractivity contribution is -0.0365. The first kappa shape index (κ1) is 23.3. The summed E-state index contributed by atoms with van der Waals surface area (Å²) >= 11 is 0. The number of halogens is 1. The first-order chi connectivity index (χ1) is 16.2. The van der Waals surface area contributed by atoms with E-state index in [1.165, 1.54) is 12.5 Å². The molecule has 186 valence electrons. The molecule has 3 aliphatic heterocycles. The van der Waals surface area contributed by atoms with E-state index in [1.807, 2.05) is 25.7 Å². The van der Waals surface area contributed by atoms with Gasteiger partial charge in [-0.05, 0) is 65.8 Å². The van der Waals surface area contributed by atoms with Crippen molar-refractivity contribution < 1.29 is 18.7 Å². The molecule has 5 rings (SSSR count). The molecule has 10 heteroatoms. The van der Waals surface area contributed by atoms with Gasteiger partial charge in [-0.25, -0.2) is 19.2 Å². The fraction of sp³-hybridized carbons (Fsp3) is 0.708. The fourth-order valence-electron chi connectivity index (χ4n) is 5.83. The van der Waals surface area contributed by atoms with Crippen LogP contribution in [0.25, 0.3) is 11.0 Å². The molecule has 34 heavy (non-hydrogen) atoms. The number of piperidine rings is 1. The minimum Gasteiger partial charge on any atom is -0.444 e. The third kappa shape index (κ3) is 4.33. The number of nitrogen functional groups attached to an aromatic ring is 1. The molecule has 2 aromatic rings. The van der Waals surface area contributed by atoms with Gasteiger partial charge in [-0.2, -0.15) is 0 Å². The minimum absolute atomic E-state index is 0.0727. The van der Waals surface area contributed by atoms with Crippen LogP contribution in [0.5, 0.6) is 0 Å². The third-order valence-corrected chi connectivity index (χ3v) is 7.50. The quantitative estimate of drug-likeness (QED) is 0.724. The molecule has 2 atom stereocenters. The van der Waals surface area contributed by atoms with Crippen LogP contribution in [0.4, 0.5) is 15.0 Å². The molecule has 3 fully saturated rings. The largest absolute Gasteiger partial charge is 0.444 e. The van der Waals surface area contributed by atoms with Crippen molar-refractivity contribution in [1.82, 2.24) is 24.3 Å². The predicted octanol–water partition coefficient (Wildman–Crippen LogP) is 3.70. The van der Waals surface area contributed by atoms with Crippen molar-refractivity contribution >= 4 is 22.9 Å². The number of hydrogen-bond donors (Lipinski definition) is 1. The number of fused-ring (bicyclic) bond motifs is 1. The lowest BCUT2D eigenvalue weighted by atomic mass is 9.85. The van der Waals surface area contributed by atoms with E-state index in [9.17, 15) is 9.18 Å². The van der Waals surface area contributed by atoms with Crippen molar-refractivity contribution in [3.63, 3.8) is 0 Å². The summed E-state index contributed by atoms with van der Waals surface area (Å²) in [6.45, 7) is 9.03. The fourth-order valence-corrected chi connectivity index (χ4v) is 5.83. The summed E-state index contributed by atoms with van der Waals surface area (Å²) in [4.78, 5) is 25.1. The summed E-state index contributed by atoms with van der Waals surface area (Å²) in [7, 11) is 0. The van der Waals surface area contributed by atoms with Gasteiger partial charge in [0.15, 0.2) is 11.5 Å². The van der Waals surface area contributed by atoms with E-state index in [0.29, 0.717) is 5.65 Å². The predicted molar refractivity (Wildman–Crippen MR) is 126 cm³/mol. The molecule has 0 bridgehead atoms. The maximum absolute atomic E-state index is 14.5. The van der Waals surface area contributed by atoms with Crippen molar-refractivity contribution in [2.45, 2.75) is 82.8 Å². The number of amides is 1. The van der Waals surface area contributed by atoms with Crippen molar-refractivity contribution in [1.29, 1.82) is 0 Å². The Kier molecular flexibility index (Phi) is 5.92. The van der Waals surface area contributed by atoms with Crippen LogP contribution in [0.3, 0.4) is 0 Å². The van der Waals surface area contributed by atoms with E-state index in [1.54, 1.807) is 4.57 Å². The minimum atomic E-state index is -0.478. The normalized spacial score (nSPS) is 25.5. The SMILES string of the molecule is CC(C)(C)OC(=O)N1CCC2(CCCN2CC2CCC(n3cc(F)c4c(N)ncnc43)O2)CC1. The van der Waals surface area contributed by atoms with Gasteiger partial charge in [0.1, 0.15) is 24.0 Å². The number of nitrogens with zero attached hydrogens (tertiary/aromatic N) is 5. The molecule has 2 unspecified atom stereocenters. The van der Waals surface area contributed by atoms with Crippen LogP contribution in [0.15, 0.2) is 12.5 Å². The highest BCUT2D eigenvalue weighted by Gasteiger charge is 2.45. The molecule has 2 N–H and O–H groups in total. The second-order valence-electron chi connectivity index (χ2n) is 10.9. The molecule has 1 spiro atoms. The van der Waals surface area contributed by atoms with E-state index in [4.69, 9.17) is 15.2 Å². The number of likely N-dealkylation sites (tertiary alicyclic amines) is 2. The highest BCUT2D eigenvalue weighted by molar-refractivity contribution is 5.86. The molecule has 3 aliphatic rings. The second-order valence-corrected chi connectivity index (χ2v) is 10.9. The summed E-state index contributed by atoms with van der Waals surface area (Å²) in [5.74, 6) is -0.275. The van der Waals surface area contributed by atoms with Crippen molar-refractivity contribution in [3.05, 3.63) is 18.3 Å². The number of carbonyl (C=O) groups excluding carboxylic acids is 1. The zero-order valence-corrected chi connectivity index (χ0v) is 20.3. The first-order valence-electron chi connectivity index (χ1n) is 12.3. The van der Waals surface area contributed by atoms with Crippen molar-refractivity contribution in [3.8, 4) is 0 Å². The Morgan fingerprint density at radius 3 is 2.74 bits per heavy atom. The maximum Gasteiger partial charge on any atom is 0.410 e. The average molecular weight is 475 g/mol. The average Bonchev–Trinajstić information content (AvgIpc) is 3.47. The number of aromatic nitrogens is 3. The van der Waals surface area contributed by atoms with Gasteiger partial charge in [0, 0.05) is 31.4 Å². The zero-order chi connectivity index (χ0) is 24.1. The topological polar surface area (TPSA) is 98.7 Å². The Balaban J connectivity index is 1.21. The van der Waals surface area contributed by atoms with E-state index in [2.05, 4.69) is 14.9 Å². The summed E-state index contributed by atoms with van der Waals surface area (Å²) in [5.41, 5.74) is 5.97. The standard InChI is InChI=1S/C24H35FN6O3/c1-23(2,3)34-22(32)29-11-8-24(9-12-29)7-4-10-30(24)13-16-5-6-18(33-16)31-14-17(25)19-20(26)27-15-28-21(19)31/h14-16,18H,4-13H2,1-3H3,(H2,26,27,28). The van der Waals surface area contributed by atoms with Crippen LogP contribution in [-0.4, -0.2) is 73.9 Å². The summed E-state index contributed by atoms with van der Waals surface area (Å²) in [6.07, 6.45) is 8.28. The van der Waals surface area contributed by atoms with Gasteiger partial charge >= 0.3 is 6.09 Å². The lowest BCUT2D eigenvalue weighted by Crippen LogP contribution is -2.55. The molecule has 5 heterocycles. The smallest absolute Gasteiger partial charge is 0.410 e. The van der Waals surface area contributed by atoms with Gasteiger partial charge in [-0.15, -0.1) is 0 Å². The molecule has 1 amide bonds. The summed E-state index contributed by atoms with van der Waals surface area (Å²) < 4.78 is 28.2. The van der Waals surface area contributed by atoms with Crippen LogP contribution in [-0.2, 0) is 9.47 Å². The third-order valence-electron chi connectivity index (χ3n) is 7.50. The van der Waals surface area contributed by atoms with Gasteiger partial charge in [-0.1, -0.05) is 0 Å². The van der Waals surface area contributed by atoms with Gasteiger partial charge in [-0.3, -0.25) is 4.90 Å². The lowest BCUT2D eigenvalue weighted by Gasteiger charge is -2.45. The molecule has 3 saturated heterocycles. The van der Waals surface area contributed by atoms with Crippen LogP contribution in [0.2, 0.25) is 0 Å². The zero-order valence-electron chi connectivity index (χ0n) is 20.3. The number of nitrogens with two attached hydrogens (primary N) is 1. The number of carbonyl (C=O) groups is 1. The Hall–Kier alpha value is -2.46. The summed E-state index contributed by atoms with van der Waals surface area (Å²) in [6, 6.07) is 0. The monoisotopic (exact) mass is 474 g/mol. The molecule has 0 aromatic carbocycles. The first-order valence-corrected chi connectivity index (χ1v) is 12.3. The van der Waals surface area contributed by atoms with E-state index in [-0.39, 0.29) is 35.2 Å². The molecular formula is C24H35FN6O3. The van der Waals surface area contributed by atoms with E-state index in [0.717, 1.165) is 64.7 Å². The maximum atomic E-state index is 14.5. The highest BCUT2D eigenvalue weighted by atomic mass is 19.1. The number of ether oxygens (including phenoxy) is 2. The van der Waals surface area contributed by atoms with Crippen molar-refractivity contribution in [2.24, 2.45) is 0 Å². The van der Waals surface area contributed by atoms with Crippen LogP contribution < -0.4 is 5.73 Å². The van der Waals surface area contributed by atoms with Crippen molar-refractivity contribution in [2.75, 3.05) is 31.9 Å². The van der Waals surface area contributed by atoms with E-state index < -0.39 is 11.4 Å². The van der Waals surface area contributed by atoms with Crippen LogP contribution in [0, 0.1) is 5.82 Å². The number of rotatable bonds is 3. The molecular weight excluding hydrogens is 439 g/mol. The molecule has 0 aliphatic carbocycles. The molecule has 9 nitrogen and oxygen atoms in total. The van der Waals surface area contributed by atoms with E-state index >= 15 is 0 Å². The van der Waals surface area contributed by atoms with Gasteiger partial charge in [0.25, 0.3) is 0 Å². The van der Waals surface area contributed by atoms with Gasteiger partial charge < -0.3 is 24.7 Å². The number of anilines is 1. The van der Waals surface area contributed by atoms with Crippen LogP contribution in [0.1, 0.15) is 65.5 Å². The molecule has 0 radical (unpaired) electrons. The Labute approximate surface area is 199 Å². The molecule has 0 saturated carbocycles. The Morgan fingerprint density at radius 1 is 1.24 bits per heavy atom. The second kappa shape index (κ2) is 8.64. The number of hydrogen-bond acceptors (Lipinski definition) is 7. The van der Waals surface area contributed by atoms with Gasteiger partial charge in [0.05, 0.1) is 11.5 Å². The Morgan fingerprint density at radius 2 is 2.00 bits per heavy atom. The Bertz CT molecular complexity index is 1060. The van der Waals surface area contributed by atoms with Crippen LogP contribution >= 0.6 is 0 Å². The molecule has 2 aromatic heterocycles. The van der Waals surface area contributed by atoms with Gasteiger partial charge in [0.2, 0.25) is 0 Å². The summed E-state index contributed by atoms with van der Waals surface area (Å²) in [5, 5.41) is 0.254. The highest BCUT2D eigenvalue weighted by Crippen LogP contribution is 2.41.